The molecule has 0 amide bonds. The van der Waals surface area contributed by atoms with Crippen molar-refractivity contribution in [2.24, 2.45) is 5.92 Å². The molecule has 0 radical (unpaired) electrons. The van der Waals surface area contributed by atoms with Crippen molar-refractivity contribution in [1.29, 1.82) is 0 Å². The van der Waals surface area contributed by atoms with Gasteiger partial charge < -0.3 is 9.72 Å². The molecule has 2 heterocycles. The number of halogens is 1. The Morgan fingerprint density at radius 2 is 1.69 bits per heavy atom. The molecule has 1 N–H and O–H groups in total. The van der Waals surface area contributed by atoms with Crippen LogP contribution in [0.15, 0.2) is 78.9 Å². The molecule has 1 aromatic heterocycles. The van der Waals surface area contributed by atoms with Gasteiger partial charge in [0.25, 0.3) is 0 Å². The van der Waals surface area contributed by atoms with Crippen LogP contribution in [-0.2, 0) is 28.7 Å². The summed E-state index contributed by atoms with van der Waals surface area (Å²) in [7, 11) is 4.41. The zero-order chi connectivity index (χ0) is 24.0. The molecule has 4 heteroatoms. The Morgan fingerprint density at radius 3 is 2.46 bits per heavy atom. The van der Waals surface area contributed by atoms with Crippen LogP contribution in [0.5, 0.6) is 0 Å². The van der Waals surface area contributed by atoms with Crippen molar-refractivity contribution >= 4 is 10.9 Å². The fourth-order valence-corrected chi connectivity index (χ4v) is 6.84. The highest BCUT2D eigenvalue weighted by Crippen LogP contribution is 2.56. The zero-order valence-electron chi connectivity index (χ0n) is 20.6. The molecular formula is C31H33FN2O. The smallest absolute Gasteiger partial charge is 0.123 e. The van der Waals surface area contributed by atoms with E-state index < -0.39 is 0 Å². The lowest BCUT2D eigenvalue weighted by Gasteiger charge is -2.55. The average molecular weight is 469 g/mol. The molecular weight excluding hydrogens is 435 g/mol. The molecule has 3 nitrogen and oxygen atoms in total. The molecule has 35 heavy (non-hydrogen) atoms. The summed E-state index contributed by atoms with van der Waals surface area (Å²) in [5.41, 5.74) is 5.92. The van der Waals surface area contributed by atoms with Crippen LogP contribution < -0.4 is 0 Å². The molecule has 0 bridgehead atoms. The SMILES string of the molecule is CN(C)C1(c2ccccc2)CCC2(OCCc3c2[nH]c2ccccc32)C(Cc2ccc(F)cc2)C1. The first-order valence-electron chi connectivity index (χ1n) is 12.7. The minimum atomic E-state index is -0.380. The number of benzene rings is 3. The Hall–Kier alpha value is -2.95. The number of ether oxygens (including phenoxy) is 1. The number of hydrogen-bond donors (Lipinski definition) is 1. The standard InChI is InChI=1S/C31H33FN2O/c1-34(2)30(23-8-4-3-5-9-23)17-18-31(24(21-30)20-22-12-14-25(32)15-13-22)29-27(16-19-35-31)26-10-6-7-11-28(26)33-29/h3-15,24,33H,16-21H2,1-2H3. The van der Waals surface area contributed by atoms with Crippen LogP contribution in [0.3, 0.4) is 0 Å². The number of nitrogens with one attached hydrogen (secondary N) is 1. The maximum Gasteiger partial charge on any atom is 0.123 e. The molecule has 4 aromatic rings. The number of rotatable bonds is 4. The van der Waals surface area contributed by atoms with Gasteiger partial charge in [0, 0.05) is 16.4 Å². The Morgan fingerprint density at radius 1 is 0.943 bits per heavy atom. The molecule has 3 atom stereocenters. The second kappa shape index (κ2) is 8.61. The molecule has 6 rings (SSSR count). The lowest BCUT2D eigenvalue weighted by molar-refractivity contribution is -0.153. The van der Waals surface area contributed by atoms with Crippen molar-refractivity contribution in [3.63, 3.8) is 0 Å². The second-order valence-electron chi connectivity index (χ2n) is 10.5. The van der Waals surface area contributed by atoms with Crippen LogP contribution in [-0.4, -0.2) is 30.6 Å². The van der Waals surface area contributed by atoms with Crippen LogP contribution in [0.4, 0.5) is 4.39 Å². The van der Waals surface area contributed by atoms with Crippen molar-refractivity contribution < 1.29 is 9.13 Å². The van der Waals surface area contributed by atoms with E-state index in [0.29, 0.717) is 0 Å². The Bertz CT molecular complexity index is 1330. The molecule has 1 fully saturated rings. The predicted molar refractivity (Wildman–Crippen MR) is 139 cm³/mol. The minimum Gasteiger partial charge on any atom is -0.368 e. The van der Waals surface area contributed by atoms with Gasteiger partial charge in [0.1, 0.15) is 11.4 Å². The van der Waals surface area contributed by atoms with Crippen LogP contribution in [0, 0.1) is 11.7 Å². The van der Waals surface area contributed by atoms with Gasteiger partial charge in [-0.25, -0.2) is 4.39 Å². The summed E-state index contributed by atoms with van der Waals surface area (Å²) in [6.07, 6.45) is 4.69. The van der Waals surface area contributed by atoms with Gasteiger partial charge in [-0.3, -0.25) is 4.90 Å². The highest BCUT2D eigenvalue weighted by molar-refractivity contribution is 5.85. The number of fused-ring (bicyclic) bond motifs is 4. The number of hydrogen-bond acceptors (Lipinski definition) is 2. The van der Waals surface area contributed by atoms with Crippen LogP contribution in [0.1, 0.15) is 41.6 Å². The van der Waals surface area contributed by atoms with Crippen molar-refractivity contribution in [3.8, 4) is 0 Å². The maximum atomic E-state index is 13.7. The molecule has 1 aliphatic heterocycles. The highest BCUT2D eigenvalue weighted by atomic mass is 19.1. The third-order valence-corrected chi connectivity index (χ3v) is 8.66. The normalized spacial score (nSPS) is 26.3. The third kappa shape index (κ3) is 3.62. The van der Waals surface area contributed by atoms with Crippen molar-refractivity contribution in [1.82, 2.24) is 9.88 Å². The Kier molecular flexibility index (Phi) is 5.54. The lowest BCUT2D eigenvalue weighted by atomic mass is 9.61. The quantitative estimate of drug-likeness (QED) is 0.367. The van der Waals surface area contributed by atoms with E-state index in [1.807, 2.05) is 12.1 Å². The van der Waals surface area contributed by atoms with Gasteiger partial charge in [0.2, 0.25) is 0 Å². The van der Waals surface area contributed by atoms with Gasteiger partial charge in [0.15, 0.2) is 0 Å². The summed E-state index contributed by atoms with van der Waals surface area (Å²) in [4.78, 5) is 6.20. The number of nitrogens with zero attached hydrogens (tertiary/aromatic N) is 1. The summed E-state index contributed by atoms with van der Waals surface area (Å²) in [5.74, 6) is 0.0438. The van der Waals surface area contributed by atoms with E-state index in [4.69, 9.17) is 4.74 Å². The van der Waals surface area contributed by atoms with Crippen LogP contribution in [0.25, 0.3) is 10.9 Å². The minimum absolute atomic E-state index is 0.0792. The maximum absolute atomic E-state index is 13.7. The first-order chi connectivity index (χ1) is 17.0. The largest absolute Gasteiger partial charge is 0.368 e. The van der Waals surface area contributed by atoms with Gasteiger partial charge in [-0.15, -0.1) is 0 Å². The monoisotopic (exact) mass is 468 g/mol. The van der Waals surface area contributed by atoms with Crippen molar-refractivity contribution in [2.75, 3.05) is 20.7 Å². The van der Waals surface area contributed by atoms with Crippen molar-refractivity contribution in [2.45, 2.75) is 43.2 Å². The highest BCUT2D eigenvalue weighted by Gasteiger charge is 2.54. The predicted octanol–water partition coefficient (Wildman–Crippen LogP) is 6.57. The van der Waals surface area contributed by atoms with E-state index in [1.165, 1.54) is 27.7 Å². The molecule has 180 valence electrons. The molecule has 1 aliphatic carbocycles. The van der Waals surface area contributed by atoms with Gasteiger partial charge in [0.05, 0.1) is 12.3 Å². The zero-order valence-corrected chi connectivity index (χ0v) is 20.6. The van der Waals surface area contributed by atoms with Crippen LogP contribution >= 0.6 is 0 Å². The number of aromatic amines is 1. The Labute approximate surface area is 206 Å². The number of H-pyrrole nitrogens is 1. The van der Waals surface area contributed by atoms with E-state index in [2.05, 4.69) is 78.6 Å². The topological polar surface area (TPSA) is 28.3 Å². The second-order valence-corrected chi connectivity index (χ2v) is 10.5. The molecule has 1 spiro atoms. The van der Waals surface area contributed by atoms with Gasteiger partial charge >= 0.3 is 0 Å². The number of aromatic nitrogens is 1. The molecule has 2 aliphatic rings. The van der Waals surface area contributed by atoms with Crippen molar-refractivity contribution in [3.05, 3.63) is 107 Å². The first-order valence-corrected chi connectivity index (χ1v) is 12.7. The summed E-state index contributed by atoms with van der Waals surface area (Å²) in [6, 6.07) is 26.6. The summed E-state index contributed by atoms with van der Waals surface area (Å²) in [5, 5.41) is 1.32. The molecule has 3 unspecified atom stereocenters. The van der Waals surface area contributed by atoms with Crippen LogP contribution in [0.2, 0.25) is 0 Å². The van der Waals surface area contributed by atoms with E-state index >= 15 is 0 Å². The van der Waals surface area contributed by atoms with E-state index in [1.54, 1.807) is 12.1 Å². The van der Waals surface area contributed by atoms with E-state index in [0.717, 1.165) is 44.3 Å². The summed E-state index contributed by atoms with van der Waals surface area (Å²) >= 11 is 0. The first kappa shape index (κ1) is 22.5. The fourth-order valence-electron chi connectivity index (χ4n) is 6.84. The number of para-hydroxylation sites is 1. The summed E-state index contributed by atoms with van der Waals surface area (Å²) < 4.78 is 20.6. The summed E-state index contributed by atoms with van der Waals surface area (Å²) in [6.45, 7) is 0.731. The fraction of sp³-hybridized carbons (Fsp3) is 0.355. The molecule has 3 aromatic carbocycles. The third-order valence-electron chi connectivity index (χ3n) is 8.66. The lowest BCUT2D eigenvalue weighted by Crippen LogP contribution is -2.55. The molecule has 0 saturated heterocycles. The Balaban J connectivity index is 1.49. The van der Waals surface area contributed by atoms with Gasteiger partial charge in [-0.05, 0) is 87.0 Å². The van der Waals surface area contributed by atoms with E-state index in [9.17, 15) is 4.39 Å². The molecule has 1 saturated carbocycles. The van der Waals surface area contributed by atoms with Gasteiger partial charge in [-0.2, -0.15) is 0 Å². The van der Waals surface area contributed by atoms with E-state index in [-0.39, 0.29) is 22.9 Å². The van der Waals surface area contributed by atoms with Gasteiger partial charge in [-0.1, -0.05) is 60.7 Å². The average Bonchev–Trinajstić information content (AvgIpc) is 3.27.